The van der Waals surface area contributed by atoms with Crippen molar-refractivity contribution < 1.29 is 18.3 Å². The predicted molar refractivity (Wildman–Crippen MR) is 93.1 cm³/mol. The van der Waals surface area contributed by atoms with Crippen molar-refractivity contribution in [1.29, 1.82) is 0 Å². The number of likely N-dealkylation sites (tertiary alicyclic amines) is 1. The minimum absolute atomic E-state index is 0.0575. The monoisotopic (exact) mass is 367 g/mol. The van der Waals surface area contributed by atoms with Crippen molar-refractivity contribution in [2.45, 2.75) is 58.2 Å². The van der Waals surface area contributed by atoms with Crippen LogP contribution in [-0.2, 0) is 4.74 Å². The Morgan fingerprint density at radius 2 is 2.00 bits per heavy atom. The highest BCUT2D eigenvalue weighted by Gasteiger charge is 2.34. The van der Waals surface area contributed by atoms with Crippen LogP contribution in [0.5, 0.6) is 0 Å². The van der Waals surface area contributed by atoms with Gasteiger partial charge in [0, 0.05) is 18.6 Å². The van der Waals surface area contributed by atoms with Crippen LogP contribution in [0, 0.1) is 11.6 Å². The zero-order valence-electron chi connectivity index (χ0n) is 15.3. The molecule has 1 aliphatic rings. The SMILES string of the molecule is CC1CC(n2c(=O)[nH]c3ccc(F)c(F)c32)CCN1C(=O)OC(C)(C)C. The molecule has 1 N–H and O–H groups in total. The Morgan fingerprint density at radius 3 is 2.62 bits per heavy atom. The molecule has 3 rings (SSSR count). The smallest absolute Gasteiger partial charge is 0.410 e. The number of benzene rings is 1. The van der Waals surface area contributed by atoms with E-state index in [2.05, 4.69) is 4.98 Å². The molecule has 0 spiro atoms. The molecular formula is C18H23F2N3O3. The van der Waals surface area contributed by atoms with E-state index in [0.717, 1.165) is 6.07 Å². The van der Waals surface area contributed by atoms with Crippen LogP contribution in [0.15, 0.2) is 16.9 Å². The van der Waals surface area contributed by atoms with E-state index < -0.39 is 29.0 Å². The summed E-state index contributed by atoms with van der Waals surface area (Å²) in [6.07, 6.45) is 0.487. The van der Waals surface area contributed by atoms with E-state index in [1.165, 1.54) is 10.6 Å². The molecule has 1 saturated heterocycles. The molecule has 0 saturated carbocycles. The van der Waals surface area contributed by atoms with Gasteiger partial charge in [-0.2, -0.15) is 0 Å². The second-order valence-corrected chi connectivity index (χ2v) is 7.76. The van der Waals surface area contributed by atoms with Crippen molar-refractivity contribution in [3.05, 3.63) is 34.3 Å². The zero-order chi connectivity index (χ0) is 19.2. The summed E-state index contributed by atoms with van der Waals surface area (Å²) in [4.78, 5) is 28.8. The second-order valence-electron chi connectivity index (χ2n) is 7.76. The third-order valence-electron chi connectivity index (χ3n) is 4.61. The quantitative estimate of drug-likeness (QED) is 0.838. The molecule has 6 nitrogen and oxygen atoms in total. The molecule has 2 aromatic rings. The highest BCUT2D eigenvalue weighted by atomic mass is 19.2. The fourth-order valence-corrected chi connectivity index (χ4v) is 3.48. The summed E-state index contributed by atoms with van der Waals surface area (Å²) < 4.78 is 34.6. The van der Waals surface area contributed by atoms with Crippen molar-refractivity contribution in [2.24, 2.45) is 0 Å². The Kier molecular flexibility index (Phi) is 4.54. The van der Waals surface area contributed by atoms with Gasteiger partial charge in [0.15, 0.2) is 11.6 Å². The average molecular weight is 367 g/mol. The van der Waals surface area contributed by atoms with Gasteiger partial charge in [0.1, 0.15) is 11.1 Å². The number of amides is 1. The number of fused-ring (bicyclic) bond motifs is 1. The van der Waals surface area contributed by atoms with Gasteiger partial charge < -0.3 is 14.6 Å². The standard InChI is InChI=1S/C18H23F2N3O3/c1-10-9-11(7-8-22(10)17(25)26-18(2,3)4)23-15-13(21-16(23)24)6-5-12(19)14(15)20/h5-6,10-11H,7-9H2,1-4H3,(H,21,24). The van der Waals surface area contributed by atoms with E-state index in [9.17, 15) is 18.4 Å². The maximum atomic E-state index is 14.3. The van der Waals surface area contributed by atoms with Gasteiger partial charge in [-0.15, -0.1) is 0 Å². The molecule has 2 atom stereocenters. The molecule has 2 heterocycles. The number of rotatable bonds is 1. The fraction of sp³-hybridized carbons (Fsp3) is 0.556. The summed E-state index contributed by atoms with van der Waals surface area (Å²) in [6.45, 7) is 7.62. The largest absolute Gasteiger partial charge is 0.444 e. The molecule has 1 aromatic carbocycles. The maximum Gasteiger partial charge on any atom is 0.410 e. The van der Waals surface area contributed by atoms with Crippen LogP contribution in [0.4, 0.5) is 13.6 Å². The third kappa shape index (κ3) is 3.32. The molecule has 0 aliphatic carbocycles. The van der Waals surface area contributed by atoms with E-state index in [-0.39, 0.29) is 23.1 Å². The molecule has 0 radical (unpaired) electrons. The number of carbonyl (C=O) groups excluding carboxylic acids is 1. The van der Waals surface area contributed by atoms with Gasteiger partial charge in [-0.3, -0.25) is 4.57 Å². The van der Waals surface area contributed by atoms with Crippen LogP contribution >= 0.6 is 0 Å². The van der Waals surface area contributed by atoms with Crippen LogP contribution in [0.2, 0.25) is 0 Å². The first-order valence-electron chi connectivity index (χ1n) is 8.66. The number of nitrogens with zero attached hydrogens (tertiary/aromatic N) is 2. The normalized spacial score (nSPS) is 21.2. The molecule has 142 valence electrons. The molecule has 1 fully saturated rings. The molecule has 1 aliphatic heterocycles. The number of hydrogen-bond acceptors (Lipinski definition) is 3. The van der Waals surface area contributed by atoms with Crippen LogP contribution in [0.3, 0.4) is 0 Å². The Morgan fingerprint density at radius 1 is 1.31 bits per heavy atom. The first kappa shape index (κ1) is 18.4. The van der Waals surface area contributed by atoms with E-state index in [4.69, 9.17) is 4.74 Å². The van der Waals surface area contributed by atoms with Gasteiger partial charge in [0.25, 0.3) is 0 Å². The lowest BCUT2D eigenvalue weighted by atomic mass is 9.98. The predicted octanol–water partition coefficient (Wildman–Crippen LogP) is 3.57. The van der Waals surface area contributed by atoms with E-state index >= 15 is 0 Å². The minimum Gasteiger partial charge on any atom is -0.444 e. The highest BCUT2D eigenvalue weighted by Crippen LogP contribution is 2.30. The number of H-pyrrole nitrogens is 1. The number of piperidine rings is 1. The highest BCUT2D eigenvalue weighted by molar-refractivity contribution is 5.76. The third-order valence-corrected chi connectivity index (χ3v) is 4.61. The van der Waals surface area contributed by atoms with E-state index in [0.29, 0.717) is 19.4 Å². The average Bonchev–Trinajstić information content (AvgIpc) is 2.86. The number of aromatic amines is 1. The van der Waals surface area contributed by atoms with Crippen LogP contribution in [-0.4, -0.2) is 38.7 Å². The Bertz CT molecular complexity index is 897. The van der Waals surface area contributed by atoms with Crippen LogP contribution in [0.25, 0.3) is 11.0 Å². The Labute approximate surface area is 149 Å². The summed E-state index contributed by atoms with van der Waals surface area (Å²) in [5.74, 6) is -2.03. The lowest BCUT2D eigenvalue weighted by Crippen LogP contribution is -2.47. The van der Waals surface area contributed by atoms with E-state index in [1.807, 2.05) is 6.92 Å². The fourth-order valence-electron chi connectivity index (χ4n) is 3.48. The van der Waals surface area contributed by atoms with Crippen molar-refractivity contribution >= 4 is 17.1 Å². The summed E-state index contributed by atoms with van der Waals surface area (Å²) in [7, 11) is 0. The second kappa shape index (κ2) is 6.41. The van der Waals surface area contributed by atoms with Gasteiger partial charge >= 0.3 is 11.8 Å². The Hall–Kier alpha value is -2.38. The van der Waals surface area contributed by atoms with Gasteiger partial charge in [-0.25, -0.2) is 18.4 Å². The first-order chi connectivity index (χ1) is 12.1. The van der Waals surface area contributed by atoms with Gasteiger partial charge in [-0.05, 0) is 52.7 Å². The van der Waals surface area contributed by atoms with Crippen molar-refractivity contribution in [2.75, 3.05) is 6.54 Å². The lowest BCUT2D eigenvalue weighted by Gasteiger charge is -2.38. The summed E-state index contributed by atoms with van der Waals surface area (Å²) >= 11 is 0. The number of nitrogens with one attached hydrogen (secondary N) is 1. The number of ether oxygens (including phenoxy) is 1. The van der Waals surface area contributed by atoms with Crippen molar-refractivity contribution in [3.63, 3.8) is 0 Å². The van der Waals surface area contributed by atoms with Crippen molar-refractivity contribution in [1.82, 2.24) is 14.5 Å². The van der Waals surface area contributed by atoms with Gasteiger partial charge in [0.2, 0.25) is 0 Å². The van der Waals surface area contributed by atoms with E-state index in [1.54, 1.807) is 25.7 Å². The van der Waals surface area contributed by atoms with Gasteiger partial charge in [-0.1, -0.05) is 0 Å². The summed E-state index contributed by atoms with van der Waals surface area (Å²) in [6, 6.07) is 1.81. The maximum absolute atomic E-state index is 14.3. The molecule has 1 aromatic heterocycles. The summed E-state index contributed by atoms with van der Waals surface area (Å²) in [5, 5.41) is 0. The minimum atomic E-state index is -1.04. The number of halogens is 2. The molecule has 26 heavy (non-hydrogen) atoms. The van der Waals surface area contributed by atoms with Crippen molar-refractivity contribution in [3.8, 4) is 0 Å². The molecule has 0 bridgehead atoms. The summed E-state index contributed by atoms with van der Waals surface area (Å²) in [5.41, 5.74) is -0.872. The zero-order valence-corrected chi connectivity index (χ0v) is 15.3. The molecular weight excluding hydrogens is 344 g/mol. The number of hydrogen-bond donors (Lipinski definition) is 1. The van der Waals surface area contributed by atoms with Crippen LogP contribution in [0.1, 0.15) is 46.6 Å². The number of carbonyl (C=O) groups is 1. The molecule has 8 heteroatoms. The molecule has 2 unspecified atom stereocenters. The number of aromatic nitrogens is 2. The topological polar surface area (TPSA) is 67.3 Å². The van der Waals surface area contributed by atoms with Gasteiger partial charge in [0.05, 0.1) is 5.52 Å². The molecule has 1 amide bonds. The number of imidazole rings is 1. The lowest BCUT2D eigenvalue weighted by molar-refractivity contribution is 0.00789. The Balaban J connectivity index is 1.87. The first-order valence-corrected chi connectivity index (χ1v) is 8.66. The van der Waals surface area contributed by atoms with Crippen LogP contribution < -0.4 is 5.69 Å².